The molecule has 66 valence electrons. The molecule has 0 heterocycles. The van der Waals surface area contributed by atoms with E-state index in [-0.39, 0.29) is 0 Å². The summed E-state index contributed by atoms with van der Waals surface area (Å²) >= 11 is 0. The van der Waals surface area contributed by atoms with E-state index in [1.165, 1.54) is 0 Å². The molecule has 0 aliphatic carbocycles. The summed E-state index contributed by atoms with van der Waals surface area (Å²) in [4.78, 5) is 27.3. The Morgan fingerprint density at radius 1 is 1.00 bits per heavy atom. The highest BCUT2D eigenvalue weighted by Gasteiger charge is 2.33. The molecule has 0 radical (unpaired) electrons. The zero-order chi connectivity index (χ0) is 9.35. The maximum Gasteiger partial charge on any atom is 0.529 e. The topological polar surface area (TPSA) is 60.7 Å². The molecule has 12 heavy (non-hydrogen) atoms. The molecule has 0 amide bonds. The molecule has 0 atom stereocenters. The van der Waals surface area contributed by atoms with Gasteiger partial charge in [0.2, 0.25) is 0 Å². The van der Waals surface area contributed by atoms with Gasteiger partial charge in [0, 0.05) is 5.19 Å². The maximum atomic E-state index is 9.10. The highest BCUT2D eigenvalue weighted by molar-refractivity contribution is 6.72. The lowest BCUT2D eigenvalue weighted by atomic mass is 10.2. The van der Waals surface area contributed by atoms with E-state index in [9.17, 15) is 0 Å². The van der Waals surface area contributed by atoms with Crippen molar-refractivity contribution in [2.45, 2.75) is 13.8 Å². The molecule has 3 N–H and O–H groups in total. The van der Waals surface area contributed by atoms with Crippen molar-refractivity contribution in [1.82, 2.24) is 0 Å². The lowest BCUT2D eigenvalue weighted by Crippen LogP contribution is -2.51. The summed E-state index contributed by atoms with van der Waals surface area (Å²) in [5.74, 6) is 0. The van der Waals surface area contributed by atoms with Gasteiger partial charge in [0.15, 0.2) is 0 Å². The van der Waals surface area contributed by atoms with Crippen LogP contribution in [-0.4, -0.2) is 23.2 Å². The van der Waals surface area contributed by atoms with Crippen LogP contribution in [0.1, 0.15) is 11.1 Å². The molecule has 0 aromatic heterocycles. The second-order valence-corrected chi connectivity index (χ2v) is 4.67. The van der Waals surface area contributed by atoms with Crippen LogP contribution >= 0.6 is 0 Å². The van der Waals surface area contributed by atoms with E-state index < -0.39 is 8.80 Å². The third kappa shape index (κ3) is 1.73. The fraction of sp³-hybridized carbons (Fsp3) is 0.250. The van der Waals surface area contributed by atoms with Crippen LogP contribution in [0.3, 0.4) is 0 Å². The molecule has 1 rings (SSSR count). The molecule has 0 spiro atoms. The molecule has 0 saturated carbocycles. The molecule has 1 aromatic rings. The molecule has 3 nitrogen and oxygen atoms in total. The van der Waals surface area contributed by atoms with Crippen LogP contribution in [0, 0.1) is 13.8 Å². The Hall–Kier alpha value is -0.683. The summed E-state index contributed by atoms with van der Waals surface area (Å²) in [6.45, 7) is 3.49. The summed E-state index contributed by atoms with van der Waals surface area (Å²) in [6, 6.07) is 5.30. The minimum atomic E-state index is -4.12. The van der Waals surface area contributed by atoms with Crippen LogP contribution in [0.4, 0.5) is 0 Å². The standard InChI is InChI=1S/C8H12O3Si/c1-6-4-3-5-7(2)8(6)12(9,10)11/h3-5,9-11H,1-2H3. The van der Waals surface area contributed by atoms with E-state index in [1.54, 1.807) is 26.0 Å². The van der Waals surface area contributed by atoms with Crippen LogP contribution < -0.4 is 5.19 Å². The molecule has 1 aromatic carbocycles. The molecule has 0 saturated heterocycles. The highest BCUT2D eigenvalue weighted by atomic mass is 28.4. The third-order valence-corrected chi connectivity index (χ3v) is 3.28. The van der Waals surface area contributed by atoms with Gasteiger partial charge in [-0.25, -0.2) is 0 Å². The van der Waals surface area contributed by atoms with Crippen molar-refractivity contribution in [3.63, 3.8) is 0 Å². The predicted molar refractivity (Wildman–Crippen MR) is 48.0 cm³/mol. The van der Waals surface area contributed by atoms with Crippen molar-refractivity contribution < 1.29 is 14.4 Å². The van der Waals surface area contributed by atoms with Crippen LogP contribution in [0.2, 0.25) is 0 Å². The molecule has 0 aliphatic heterocycles. The lowest BCUT2D eigenvalue weighted by Gasteiger charge is -2.14. The smallest absolute Gasteiger partial charge is 0.386 e. The van der Waals surface area contributed by atoms with Gasteiger partial charge in [-0.05, 0) is 25.0 Å². The van der Waals surface area contributed by atoms with Crippen LogP contribution in [0.15, 0.2) is 18.2 Å². The Kier molecular flexibility index (Phi) is 2.34. The average Bonchev–Trinajstić information content (AvgIpc) is 1.82. The molecule has 0 bridgehead atoms. The van der Waals surface area contributed by atoms with E-state index in [4.69, 9.17) is 14.4 Å². The van der Waals surface area contributed by atoms with Crippen molar-refractivity contribution in [3.8, 4) is 0 Å². The molecule has 0 fully saturated rings. The van der Waals surface area contributed by atoms with E-state index in [0.29, 0.717) is 16.3 Å². The van der Waals surface area contributed by atoms with Gasteiger partial charge in [-0.2, -0.15) is 0 Å². The molecular weight excluding hydrogens is 172 g/mol. The Morgan fingerprint density at radius 2 is 1.42 bits per heavy atom. The van der Waals surface area contributed by atoms with Gasteiger partial charge in [0.25, 0.3) is 0 Å². The molecule has 4 heteroatoms. The van der Waals surface area contributed by atoms with Gasteiger partial charge < -0.3 is 14.4 Å². The fourth-order valence-electron chi connectivity index (χ4n) is 1.34. The zero-order valence-electron chi connectivity index (χ0n) is 7.07. The number of aryl methyl sites for hydroxylation is 2. The first-order valence-electron chi connectivity index (χ1n) is 3.66. The summed E-state index contributed by atoms with van der Waals surface area (Å²) in [5.41, 5.74) is 1.43. The highest BCUT2D eigenvalue weighted by Crippen LogP contribution is 2.03. The van der Waals surface area contributed by atoms with Gasteiger partial charge in [0.1, 0.15) is 0 Å². The Bertz CT molecular complexity index is 271. The van der Waals surface area contributed by atoms with Crippen LogP contribution in [-0.2, 0) is 0 Å². The zero-order valence-corrected chi connectivity index (χ0v) is 8.07. The Labute approximate surface area is 72.3 Å². The summed E-state index contributed by atoms with van der Waals surface area (Å²) in [6.07, 6.45) is 0. The SMILES string of the molecule is Cc1cccc(C)c1[Si](O)(O)O. The quantitative estimate of drug-likeness (QED) is 0.512. The molecule has 0 unspecified atom stereocenters. The largest absolute Gasteiger partial charge is 0.529 e. The fourth-order valence-corrected chi connectivity index (χ4v) is 2.57. The van der Waals surface area contributed by atoms with Crippen LogP contribution in [0.25, 0.3) is 0 Å². The van der Waals surface area contributed by atoms with E-state index in [0.717, 1.165) is 0 Å². The first-order chi connectivity index (χ1) is 5.43. The summed E-state index contributed by atoms with van der Waals surface area (Å²) in [5, 5.41) is 0.296. The van der Waals surface area contributed by atoms with Gasteiger partial charge in [-0.15, -0.1) is 0 Å². The number of rotatable bonds is 1. The number of hydrogen-bond donors (Lipinski definition) is 3. The van der Waals surface area contributed by atoms with Gasteiger partial charge in [-0.3, -0.25) is 0 Å². The van der Waals surface area contributed by atoms with Crippen molar-refractivity contribution in [1.29, 1.82) is 0 Å². The summed E-state index contributed by atoms with van der Waals surface area (Å²) in [7, 11) is -4.12. The Morgan fingerprint density at radius 3 is 1.67 bits per heavy atom. The molecule has 0 aliphatic rings. The van der Waals surface area contributed by atoms with Crippen molar-refractivity contribution in [2.24, 2.45) is 0 Å². The average molecular weight is 184 g/mol. The van der Waals surface area contributed by atoms with E-state index >= 15 is 0 Å². The van der Waals surface area contributed by atoms with Crippen molar-refractivity contribution in [3.05, 3.63) is 29.3 Å². The second kappa shape index (κ2) is 2.99. The monoisotopic (exact) mass is 184 g/mol. The number of hydrogen-bond acceptors (Lipinski definition) is 3. The third-order valence-electron chi connectivity index (χ3n) is 1.82. The van der Waals surface area contributed by atoms with Gasteiger partial charge in [-0.1, -0.05) is 18.2 Å². The van der Waals surface area contributed by atoms with Crippen LogP contribution in [0.5, 0.6) is 0 Å². The molecular formula is C8H12O3Si. The number of benzene rings is 1. The van der Waals surface area contributed by atoms with Gasteiger partial charge >= 0.3 is 8.80 Å². The maximum absolute atomic E-state index is 9.10. The first-order valence-corrected chi connectivity index (χ1v) is 5.51. The Balaban J connectivity index is 3.31. The lowest BCUT2D eigenvalue weighted by molar-refractivity contribution is 0.249. The van der Waals surface area contributed by atoms with E-state index in [2.05, 4.69) is 0 Å². The van der Waals surface area contributed by atoms with Gasteiger partial charge in [0.05, 0.1) is 0 Å². The predicted octanol–water partition coefficient (Wildman–Crippen LogP) is -0.574. The second-order valence-electron chi connectivity index (χ2n) is 2.90. The van der Waals surface area contributed by atoms with Crippen molar-refractivity contribution in [2.75, 3.05) is 0 Å². The first kappa shape index (κ1) is 9.41. The van der Waals surface area contributed by atoms with E-state index in [1.807, 2.05) is 6.07 Å². The minimum Gasteiger partial charge on any atom is -0.386 e. The van der Waals surface area contributed by atoms with Crippen molar-refractivity contribution >= 4 is 14.0 Å². The summed E-state index contributed by atoms with van der Waals surface area (Å²) < 4.78 is 0. The minimum absolute atomic E-state index is 0.296. The normalized spacial score (nSPS) is 11.8.